The Hall–Kier alpha value is -3.66. The highest BCUT2D eigenvalue weighted by Gasteiger charge is 2.42. The lowest BCUT2D eigenvalue weighted by Crippen LogP contribution is -2.47. The van der Waals surface area contributed by atoms with Gasteiger partial charge < -0.3 is 24.7 Å². The first-order valence-electron chi connectivity index (χ1n) is 11.4. The van der Waals surface area contributed by atoms with Crippen LogP contribution in [-0.2, 0) is 32.2 Å². The van der Waals surface area contributed by atoms with Crippen LogP contribution in [0, 0.1) is 0 Å². The molecule has 3 atom stereocenters. The summed E-state index contributed by atoms with van der Waals surface area (Å²) in [5.74, 6) is -5.54. The predicted octanol–water partition coefficient (Wildman–Crippen LogP) is 3.38. The third-order valence-corrected chi connectivity index (χ3v) is 5.58. The molecule has 2 aliphatic rings. The summed E-state index contributed by atoms with van der Waals surface area (Å²) in [6.07, 6.45) is -2.40. The summed E-state index contributed by atoms with van der Waals surface area (Å²) in [6, 6.07) is 8.09. The Labute approximate surface area is 217 Å². The van der Waals surface area contributed by atoms with Crippen LogP contribution < -0.4 is 5.32 Å². The van der Waals surface area contributed by atoms with Crippen molar-refractivity contribution in [2.24, 2.45) is 0 Å². The van der Waals surface area contributed by atoms with Gasteiger partial charge >= 0.3 is 24.3 Å². The fraction of sp³-hybridized carbons (Fsp3) is 0.478. The number of hydrogen-bond acceptors (Lipinski definition) is 7. The zero-order valence-electron chi connectivity index (χ0n) is 20.1. The molecule has 0 radical (unpaired) electrons. The number of aliphatic carboxylic acids is 2. The number of pyridine rings is 1. The number of carbonyl (C=O) groups excluding carboxylic acids is 1. The summed E-state index contributed by atoms with van der Waals surface area (Å²) < 4.78 is 74.7. The monoisotopic (exact) mass is 569 g/mol. The Morgan fingerprint density at radius 1 is 1.00 bits per heavy atom. The molecule has 1 amide bonds. The van der Waals surface area contributed by atoms with Crippen LogP contribution in [0.3, 0.4) is 0 Å². The molecule has 0 aliphatic carbocycles. The molecule has 216 valence electrons. The second-order valence-corrected chi connectivity index (χ2v) is 8.34. The van der Waals surface area contributed by atoms with Crippen molar-refractivity contribution in [2.75, 3.05) is 6.54 Å². The van der Waals surface area contributed by atoms with Crippen molar-refractivity contribution in [1.29, 1.82) is 0 Å². The Morgan fingerprint density at radius 3 is 2.15 bits per heavy atom. The number of nitrogens with zero attached hydrogens (tertiary/aromatic N) is 2. The number of amides is 1. The van der Waals surface area contributed by atoms with E-state index in [2.05, 4.69) is 15.2 Å². The van der Waals surface area contributed by atoms with Gasteiger partial charge in [0.1, 0.15) is 6.10 Å². The van der Waals surface area contributed by atoms with E-state index in [0.29, 0.717) is 12.6 Å². The van der Waals surface area contributed by atoms with E-state index in [1.54, 1.807) is 18.7 Å². The molecule has 0 bridgehead atoms. The van der Waals surface area contributed by atoms with Gasteiger partial charge in [-0.3, -0.25) is 14.7 Å². The Morgan fingerprint density at radius 2 is 1.64 bits per heavy atom. The molecule has 0 aromatic carbocycles. The molecule has 39 heavy (non-hydrogen) atoms. The van der Waals surface area contributed by atoms with Crippen molar-refractivity contribution in [1.82, 2.24) is 15.2 Å². The van der Waals surface area contributed by atoms with Gasteiger partial charge in [-0.15, -0.1) is 0 Å². The minimum Gasteiger partial charge on any atom is -0.475 e. The van der Waals surface area contributed by atoms with Gasteiger partial charge in [-0.05, 0) is 37.5 Å². The van der Waals surface area contributed by atoms with Crippen LogP contribution >= 0.6 is 0 Å². The largest absolute Gasteiger partial charge is 0.490 e. The summed E-state index contributed by atoms with van der Waals surface area (Å²) in [4.78, 5) is 36.9. The second-order valence-electron chi connectivity index (χ2n) is 8.34. The maximum absolute atomic E-state index is 12.4. The molecule has 2 aliphatic heterocycles. The average Bonchev–Trinajstić information content (AvgIpc) is 3.53. The van der Waals surface area contributed by atoms with Crippen LogP contribution in [0.4, 0.5) is 26.3 Å². The number of carboxylic acid groups (broad SMARTS) is 2. The van der Waals surface area contributed by atoms with E-state index in [1.165, 1.54) is 5.56 Å². The molecule has 10 nitrogen and oxygen atoms in total. The predicted molar refractivity (Wildman–Crippen MR) is 119 cm³/mol. The molecule has 16 heteroatoms. The summed E-state index contributed by atoms with van der Waals surface area (Å²) >= 11 is 0. The van der Waals surface area contributed by atoms with E-state index in [1.807, 2.05) is 24.3 Å². The number of halogens is 6. The Balaban J connectivity index is 0.000000317. The lowest BCUT2D eigenvalue weighted by Gasteiger charge is -2.35. The molecule has 2 fully saturated rings. The highest BCUT2D eigenvalue weighted by Crippen LogP contribution is 2.32. The third kappa shape index (κ3) is 10.6. The van der Waals surface area contributed by atoms with Gasteiger partial charge in [0, 0.05) is 30.9 Å². The standard InChI is InChI=1S/C19H23N3O3.2C2HF3O2/c23-19(21-11-15-3-1-2-8-20-15)18-5-4-16-17(25-18)6-9-22(16)12-14-7-10-24-13-14;2*3-2(4,5)1(6)7/h1-3,7-8,10,13,16-18H,4-6,9,11-12H2,(H,21,23);2*(H,6,7)/t16-,17-,18-;;/m1../s1. The smallest absolute Gasteiger partial charge is 0.475 e. The van der Waals surface area contributed by atoms with Gasteiger partial charge in [-0.1, -0.05) is 6.07 Å². The van der Waals surface area contributed by atoms with Crippen molar-refractivity contribution >= 4 is 17.8 Å². The fourth-order valence-corrected chi connectivity index (χ4v) is 3.82. The fourth-order valence-electron chi connectivity index (χ4n) is 3.82. The molecule has 2 aromatic rings. The number of fused-ring (bicyclic) bond motifs is 1. The number of rotatable bonds is 5. The number of carboxylic acids is 2. The maximum Gasteiger partial charge on any atom is 0.490 e. The number of nitrogens with one attached hydrogen (secondary N) is 1. The summed E-state index contributed by atoms with van der Waals surface area (Å²) in [6.45, 7) is 2.33. The van der Waals surface area contributed by atoms with Gasteiger partial charge in [0.15, 0.2) is 0 Å². The lowest BCUT2D eigenvalue weighted by molar-refractivity contribution is -0.193. The maximum atomic E-state index is 12.4. The molecule has 2 aromatic heterocycles. The van der Waals surface area contributed by atoms with Crippen molar-refractivity contribution in [3.63, 3.8) is 0 Å². The van der Waals surface area contributed by atoms with Crippen LogP contribution in [-0.4, -0.2) is 75.1 Å². The summed E-state index contributed by atoms with van der Waals surface area (Å²) in [7, 11) is 0. The molecule has 4 rings (SSSR count). The molecule has 0 saturated carbocycles. The number of carbonyl (C=O) groups is 3. The van der Waals surface area contributed by atoms with E-state index in [9.17, 15) is 31.1 Å². The number of alkyl halides is 6. The van der Waals surface area contributed by atoms with E-state index in [4.69, 9.17) is 29.0 Å². The first-order valence-corrected chi connectivity index (χ1v) is 11.4. The molecule has 3 N–H and O–H groups in total. The lowest BCUT2D eigenvalue weighted by atomic mass is 9.98. The quantitative estimate of drug-likeness (QED) is 0.462. The topological polar surface area (TPSA) is 142 Å². The Bertz CT molecular complexity index is 1040. The van der Waals surface area contributed by atoms with Crippen molar-refractivity contribution in [3.05, 3.63) is 54.2 Å². The molecule has 2 saturated heterocycles. The summed E-state index contributed by atoms with van der Waals surface area (Å²) in [5.41, 5.74) is 2.05. The van der Waals surface area contributed by atoms with E-state index < -0.39 is 24.3 Å². The first-order chi connectivity index (χ1) is 18.2. The minimum atomic E-state index is -5.08. The van der Waals surface area contributed by atoms with E-state index in [-0.39, 0.29) is 18.1 Å². The summed E-state index contributed by atoms with van der Waals surface area (Å²) in [5, 5.41) is 17.2. The number of hydrogen-bond donors (Lipinski definition) is 3. The molecule has 4 heterocycles. The zero-order chi connectivity index (χ0) is 29.2. The van der Waals surface area contributed by atoms with E-state index in [0.717, 1.165) is 38.0 Å². The van der Waals surface area contributed by atoms with Crippen molar-refractivity contribution < 1.29 is 60.1 Å². The van der Waals surface area contributed by atoms with Crippen LogP contribution in [0.5, 0.6) is 0 Å². The normalized spacial score (nSPS) is 20.9. The minimum absolute atomic E-state index is 0.0302. The number of furan rings is 1. The third-order valence-electron chi connectivity index (χ3n) is 5.58. The van der Waals surface area contributed by atoms with Gasteiger partial charge in [0.25, 0.3) is 0 Å². The SMILES string of the molecule is O=C(NCc1ccccn1)[C@H]1CC[C@@H]2[C@@H](CCN2Cc2ccoc2)O1.O=C(O)C(F)(F)F.O=C(O)C(F)(F)F. The van der Waals surface area contributed by atoms with Gasteiger partial charge in [-0.2, -0.15) is 26.3 Å². The molecule has 0 unspecified atom stereocenters. The van der Waals surface area contributed by atoms with Gasteiger partial charge in [0.05, 0.1) is 30.9 Å². The number of likely N-dealkylation sites (tertiary alicyclic amines) is 1. The van der Waals surface area contributed by atoms with Crippen molar-refractivity contribution in [3.8, 4) is 0 Å². The van der Waals surface area contributed by atoms with Crippen LogP contribution in [0.15, 0.2) is 47.4 Å². The average molecular weight is 569 g/mol. The van der Waals surface area contributed by atoms with Crippen LogP contribution in [0.25, 0.3) is 0 Å². The highest BCUT2D eigenvalue weighted by molar-refractivity contribution is 5.80. The van der Waals surface area contributed by atoms with Crippen LogP contribution in [0.1, 0.15) is 30.5 Å². The zero-order valence-corrected chi connectivity index (χ0v) is 20.1. The molecular weight excluding hydrogens is 544 g/mol. The van der Waals surface area contributed by atoms with Crippen LogP contribution in [0.2, 0.25) is 0 Å². The molecular formula is C23H25F6N3O7. The Kier molecular flexibility index (Phi) is 11.3. The first kappa shape index (κ1) is 31.6. The molecule has 0 spiro atoms. The number of aromatic nitrogens is 1. The van der Waals surface area contributed by atoms with Crippen molar-refractivity contribution in [2.45, 2.75) is 63.0 Å². The van der Waals surface area contributed by atoms with E-state index >= 15 is 0 Å². The highest BCUT2D eigenvalue weighted by atomic mass is 19.4. The van der Waals surface area contributed by atoms with Gasteiger partial charge in [0.2, 0.25) is 5.91 Å². The number of ether oxygens (including phenoxy) is 1. The second kappa shape index (κ2) is 13.9. The van der Waals surface area contributed by atoms with Gasteiger partial charge in [-0.25, -0.2) is 9.59 Å².